The van der Waals surface area contributed by atoms with Crippen molar-refractivity contribution >= 4 is 18.0 Å². The van der Waals surface area contributed by atoms with Crippen LogP contribution in [0.1, 0.15) is 23.5 Å². The summed E-state index contributed by atoms with van der Waals surface area (Å²) < 4.78 is 5.48. The smallest absolute Gasteiger partial charge is 0.407 e. The van der Waals surface area contributed by atoms with Crippen LogP contribution in [0.15, 0.2) is 48.5 Å². The Morgan fingerprint density at radius 1 is 0.938 bits per heavy atom. The Kier molecular flexibility index (Phi) is 6.70. The largest absolute Gasteiger partial charge is 0.480 e. The van der Waals surface area contributed by atoms with Gasteiger partial charge in [-0.1, -0.05) is 48.5 Å². The predicted molar refractivity (Wildman–Crippen MR) is 118 cm³/mol. The zero-order valence-electron chi connectivity index (χ0n) is 17.8. The first-order valence-electron chi connectivity index (χ1n) is 10.8. The maximum Gasteiger partial charge on any atom is 0.407 e. The lowest BCUT2D eigenvalue weighted by Gasteiger charge is -2.33. The number of rotatable bonds is 7. The Morgan fingerprint density at radius 3 is 2.12 bits per heavy atom. The van der Waals surface area contributed by atoms with Crippen molar-refractivity contribution in [1.29, 1.82) is 0 Å². The first kappa shape index (κ1) is 21.8. The van der Waals surface area contributed by atoms with Gasteiger partial charge in [0.15, 0.2) is 0 Å². The fourth-order valence-corrected chi connectivity index (χ4v) is 4.43. The van der Waals surface area contributed by atoms with E-state index in [1.807, 2.05) is 24.3 Å². The van der Waals surface area contributed by atoms with E-state index in [2.05, 4.69) is 29.6 Å². The minimum atomic E-state index is -0.864. The zero-order valence-corrected chi connectivity index (χ0v) is 17.8. The average molecular weight is 437 g/mol. The van der Waals surface area contributed by atoms with Crippen LogP contribution in [-0.4, -0.2) is 78.8 Å². The fourth-order valence-electron chi connectivity index (χ4n) is 4.43. The third-order valence-electron chi connectivity index (χ3n) is 6.04. The summed E-state index contributed by atoms with van der Waals surface area (Å²) in [4.78, 5) is 38.8. The Balaban J connectivity index is 1.21. The van der Waals surface area contributed by atoms with Crippen molar-refractivity contribution in [2.75, 3.05) is 45.9 Å². The van der Waals surface area contributed by atoms with E-state index in [0.717, 1.165) is 11.1 Å². The Morgan fingerprint density at radius 2 is 1.53 bits per heavy atom. The second-order valence-electron chi connectivity index (χ2n) is 8.05. The minimum absolute atomic E-state index is 0.00289. The van der Waals surface area contributed by atoms with E-state index < -0.39 is 12.1 Å². The van der Waals surface area contributed by atoms with Gasteiger partial charge in [-0.15, -0.1) is 0 Å². The van der Waals surface area contributed by atoms with Gasteiger partial charge < -0.3 is 20.1 Å². The van der Waals surface area contributed by atoms with Crippen molar-refractivity contribution in [3.8, 4) is 11.1 Å². The summed E-state index contributed by atoms with van der Waals surface area (Å²) in [6, 6.07) is 16.3. The van der Waals surface area contributed by atoms with Gasteiger partial charge >= 0.3 is 12.1 Å². The molecule has 32 heavy (non-hydrogen) atoms. The summed E-state index contributed by atoms with van der Waals surface area (Å²) in [7, 11) is 0. The molecule has 2 amide bonds. The molecule has 0 atom stereocenters. The number of nitrogens with one attached hydrogen (secondary N) is 1. The molecule has 4 rings (SSSR count). The van der Waals surface area contributed by atoms with Crippen LogP contribution >= 0.6 is 0 Å². The highest BCUT2D eigenvalue weighted by molar-refractivity contribution is 5.79. The maximum absolute atomic E-state index is 12.3. The van der Waals surface area contributed by atoms with Gasteiger partial charge in [0.1, 0.15) is 6.61 Å². The molecule has 1 aliphatic carbocycles. The highest BCUT2D eigenvalue weighted by Gasteiger charge is 2.29. The molecule has 0 bridgehead atoms. The maximum atomic E-state index is 12.3. The van der Waals surface area contributed by atoms with Gasteiger partial charge in [0.2, 0.25) is 5.91 Å². The highest BCUT2D eigenvalue weighted by Crippen LogP contribution is 2.44. The minimum Gasteiger partial charge on any atom is -0.480 e. The molecule has 0 aromatic heterocycles. The molecule has 0 unspecified atom stereocenters. The van der Waals surface area contributed by atoms with E-state index in [9.17, 15) is 14.4 Å². The molecule has 1 aliphatic heterocycles. The van der Waals surface area contributed by atoms with Crippen molar-refractivity contribution < 1.29 is 24.2 Å². The Bertz CT molecular complexity index is 955. The van der Waals surface area contributed by atoms with Gasteiger partial charge in [0.05, 0.1) is 6.54 Å². The quantitative estimate of drug-likeness (QED) is 0.689. The van der Waals surface area contributed by atoms with Gasteiger partial charge in [-0.2, -0.15) is 0 Å². The van der Waals surface area contributed by atoms with Crippen molar-refractivity contribution in [2.45, 2.75) is 12.3 Å². The van der Waals surface area contributed by atoms with Gasteiger partial charge in [-0.05, 0) is 22.3 Å². The summed E-state index contributed by atoms with van der Waals surface area (Å²) in [5.41, 5.74) is 4.65. The third-order valence-corrected chi connectivity index (χ3v) is 6.04. The van der Waals surface area contributed by atoms with Crippen LogP contribution < -0.4 is 5.32 Å². The highest BCUT2D eigenvalue weighted by atomic mass is 16.5. The van der Waals surface area contributed by atoms with Crippen LogP contribution in [0.25, 0.3) is 11.1 Å². The number of alkyl carbamates (subject to hydrolysis) is 1. The number of hydrogen-bond acceptors (Lipinski definition) is 5. The van der Waals surface area contributed by atoms with Gasteiger partial charge in [0.25, 0.3) is 0 Å². The van der Waals surface area contributed by atoms with E-state index in [1.54, 1.807) is 9.80 Å². The molecule has 2 aromatic rings. The SMILES string of the molecule is O=C(O)CN1CCN(C(=O)CCNC(=O)OCC2c3ccccc3-c3ccccc32)CC1. The first-order chi connectivity index (χ1) is 15.5. The van der Waals surface area contributed by atoms with Crippen molar-refractivity contribution in [3.05, 3.63) is 59.7 Å². The number of piperazine rings is 1. The lowest BCUT2D eigenvalue weighted by molar-refractivity contribution is -0.139. The van der Waals surface area contributed by atoms with E-state index in [1.165, 1.54) is 11.1 Å². The number of carbonyl (C=O) groups is 3. The molecule has 2 aromatic carbocycles. The molecule has 2 aliphatic rings. The Hall–Kier alpha value is -3.39. The lowest BCUT2D eigenvalue weighted by atomic mass is 9.98. The van der Waals surface area contributed by atoms with Crippen LogP contribution in [-0.2, 0) is 14.3 Å². The average Bonchev–Trinajstić information content (AvgIpc) is 3.11. The van der Waals surface area contributed by atoms with E-state index in [-0.39, 0.29) is 37.9 Å². The number of carbonyl (C=O) groups excluding carboxylic acids is 2. The Labute approximate surface area is 186 Å². The second-order valence-corrected chi connectivity index (χ2v) is 8.05. The number of aliphatic carboxylic acids is 1. The van der Waals surface area contributed by atoms with Crippen molar-refractivity contribution in [1.82, 2.24) is 15.1 Å². The fraction of sp³-hybridized carbons (Fsp3) is 0.375. The monoisotopic (exact) mass is 437 g/mol. The summed E-state index contributed by atoms with van der Waals surface area (Å²) in [5, 5.41) is 11.5. The summed E-state index contributed by atoms with van der Waals surface area (Å²) in [6.45, 7) is 2.50. The topological polar surface area (TPSA) is 99.2 Å². The molecule has 8 nitrogen and oxygen atoms in total. The number of hydrogen-bond donors (Lipinski definition) is 2. The molecule has 1 saturated heterocycles. The van der Waals surface area contributed by atoms with Crippen LogP contribution in [0.4, 0.5) is 4.79 Å². The predicted octanol–water partition coefficient (Wildman–Crippen LogP) is 2.14. The molecule has 0 radical (unpaired) electrons. The molecule has 0 spiro atoms. The molecule has 0 saturated carbocycles. The molecular formula is C24H27N3O5. The van der Waals surface area contributed by atoms with E-state index in [4.69, 9.17) is 9.84 Å². The van der Waals surface area contributed by atoms with Crippen molar-refractivity contribution in [2.24, 2.45) is 0 Å². The van der Waals surface area contributed by atoms with Gasteiger partial charge in [0, 0.05) is 45.1 Å². The number of benzene rings is 2. The number of amides is 2. The van der Waals surface area contributed by atoms with Gasteiger partial charge in [-0.25, -0.2) is 4.79 Å². The van der Waals surface area contributed by atoms with Crippen LogP contribution in [0, 0.1) is 0 Å². The summed E-state index contributed by atoms with van der Waals surface area (Å²) in [6.07, 6.45) is -0.353. The molecule has 2 N–H and O–H groups in total. The molecular weight excluding hydrogens is 410 g/mol. The lowest BCUT2D eigenvalue weighted by Crippen LogP contribution is -2.50. The number of nitrogens with zero attached hydrogens (tertiary/aromatic N) is 2. The molecule has 8 heteroatoms. The summed E-state index contributed by atoms with van der Waals surface area (Å²) >= 11 is 0. The zero-order chi connectivity index (χ0) is 22.5. The number of carboxylic acid groups (broad SMARTS) is 1. The third kappa shape index (κ3) is 4.91. The molecule has 168 valence electrons. The van der Waals surface area contributed by atoms with Crippen LogP contribution in [0.2, 0.25) is 0 Å². The van der Waals surface area contributed by atoms with Crippen molar-refractivity contribution in [3.63, 3.8) is 0 Å². The number of ether oxygens (including phenoxy) is 1. The normalized spacial score (nSPS) is 15.7. The van der Waals surface area contributed by atoms with Crippen LogP contribution in [0.3, 0.4) is 0 Å². The van der Waals surface area contributed by atoms with E-state index >= 15 is 0 Å². The van der Waals surface area contributed by atoms with E-state index in [0.29, 0.717) is 26.2 Å². The summed E-state index contributed by atoms with van der Waals surface area (Å²) in [5.74, 6) is -0.923. The number of fused-ring (bicyclic) bond motifs is 3. The van der Waals surface area contributed by atoms with Crippen LogP contribution in [0.5, 0.6) is 0 Å². The molecule has 1 fully saturated rings. The first-order valence-corrected chi connectivity index (χ1v) is 10.8. The second kappa shape index (κ2) is 9.82. The van der Waals surface area contributed by atoms with Gasteiger partial charge in [-0.3, -0.25) is 14.5 Å². The number of carboxylic acids is 1. The standard InChI is InChI=1S/C24H27N3O5/c28-22(27-13-11-26(12-14-27)15-23(29)30)9-10-25-24(31)32-16-21-19-7-3-1-5-17(19)18-6-2-4-8-20(18)21/h1-8,21H,9-16H2,(H,25,31)(H,29,30). The molecule has 1 heterocycles.